The van der Waals surface area contributed by atoms with Crippen LogP contribution in [0.5, 0.6) is 0 Å². The van der Waals surface area contributed by atoms with Crippen LogP contribution in [-0.4, -0.2) is 0 Å². The fraction of sp³-hybridized carbons (Fsp3) is 0.818. The Bertz CT molecular complexity index is 101. The van der Waals surface area contributed by atoms with Crippen molar-refractivity contribution >= 4 is 0 Å². The maximum atomic E-state index is 2.34. The van der Waals surface area contributed by atoms with Crippen LogP contribution in [0.25, 0.3) is 0 Å². The number of rotatable bonds is 5. The first-order chi connectivity index (χ1) is 5.18. The molecule has 0 aromatic carbocycles. The molecule has 0 heteroatoms. The molecule has 0 amide bonds. The van der Waals surface area contributed by atoms with Gasteiger partial charge in [-0.05, 0) is 31.1 Å². The summed E-state index contributed by atoms with van der Waals surface area (Å²) in [4.78, 5) is 0. The average molecular weight is 154 g/mol. The quantitative estimate of drug-likeness (QED) is 0.524. The average Bonchev–Trinajstić information content (AvgIpc) is 1.97. The Kier molecular flexibility index (Phi) is 6.30. The third-order valence-corrected chi connectivity index (χ3v) is 2.33. The molecule has 1 atom stereocenters. The summed E-state index contributed by atoms with van der Waals surface area (Å²) in [6.45, 7) is 9.12. The molecule has 1 unspecified atom stereocenters. The van der Waals surface area contributed by atoms with Crippen molar-refractivity contribution in [3.63, 3.8) is 0 Å². The second kappa shape index (κ2) is 6.45. The van der Waals surface area contributed by atoms with Crippen LogP contribution in [0, 0.1) is 11.8 Å². The molecule has 0 aromatic rings. The molecule has 11 heavy (non-hydrogen) atoms. The maximum Gasteiger partial charge on any atom is -0.0348 e. The van der Waals surface area contributed by atoms with Crippen molar-refractivity contribution in [2.45, 2.75) is 47.0 Å². The van der Waals surface area contributed by atoms with E-state index in [0.717, 1.165) is 11.8 Å². The molecule has 0 spiro atoms. The van der Waals surface area contributed by atoms with Crippen LogP contribution in [0.3, 0.4) is 0 Å². The lowest BCUT2D eigenvalue weighted by atomic mass is 9.93. The van der Waals surface area contributed by atoms with Gasteiger partial charge in [-0.3, -0.25) is 0 Å². The summed E-state index contributed by atoms with van der Waals surface area (Å²) in [5, 5.41) is 0. The molecule has 0 N–H and O–H groups in total. The highest BCUT2D eigenvalue weighted by Gasteiger charge is 2.04. The van der Waals surface area contributed by atoms with Crippen molar-refractivity contribution in [2.75, 3.05) is 0 Å². The van der Waals surface area contributed by atoms with Gasteiger partial charge in [-0.25, -0.2) is 0 Å². The molecule has 0 aliphatic heterocycles. The van der Waals surface area contributed by atoms with Crippen molar-refractivity contribution in [2.24, 2.45) is 11.8 Å². The van der Waals surface area contributed by atoms with E-state index in [0.29, 0.717) is 0 Å². The van der Waals surface area contributed by atoms with E-state index >= 15 is 0 Å². The lowest BCUT2D eigenvalue weighted by molar-refractivity contribution is 0.395. The zero-order valence-electron chi connectivity index (χ0n) is 8.43. The number of hydrogen-bond acceptors (Lipinski definition) is 0. The van der Waals surface area contributed by atoms with Gasteiger partial charge in [0.2, 0.25) is 0 Å². The summed E-state index contributed by atoms with van der Waals surface area (Å²) in [5.41, 5.74) is 0. The van der Waals surface area contributed by atoms with E-state index in [4.69, 9.17) is 0 Å². The minimum atomic E-state index is 0.838. The van der Waals surface area contributed by atoms with E-state index in [1.807, 2.05) is 0 Å². The van der Waals surface area contributed by atoms with Gasteiger partial charge in [0.25, 0.3) is 0 Å². The fourth-order valence-corrected chi connectivity index (χ4v) is 0.977. The first kappa shape index (κ1) is 10.7. The molecule has 66 valence electrons. The highest BCUT2D eigenvalue weighted by molar-refractivity contribution is 4.80. The topological polar surface area (TPSA) is 0 Å². The molecule has 0 saturated heterocycles. The molecule has 0 aliphatic rings. The van der Waals surface area contributed by atoms with Crippen molar-refractivity contribution < 1.29 is 0 Å². The minimum absolute atomic E-state index is 0.838. The number of allylic oxidation sites excluding steroid dienone is 2. The van der Waals surface area contributed by atoms with Crippen LogP contribution in [0.15, 0.2) is 12.2 Å². The first-order valence-corrected chi connectivity index (χ1v) is 4.83. The van der Waals surface area contributed by atoms with Gasteiger partial charge >= 0.3 is 0 Å². The number of hydrogen-bond donors (Lipinski definition) is 0. The van der Waals surface area contributed by atoms with E-state index in [1.165, 1.54) is 19.3 Å². The van der Waals surface area contributed by atoms with Crippen molar-refractivity contribution in [3.8, 4) is 0 Å². The van der Waals surface area contributed by atoms with Gasteiger partial charge in [-0.2, -0.15) is 0 Å². The Hall–Kier alpha value is -0.260. The Morgan fingerprint density at radius 1 is 1.09 bits per heavy atom. The third kappa shape index (κ3) is 6.15. The fourth-order valence-electron chi connectivity index (χ4n) is 0.977. The Morgan fingerprint density at radius 3 is 2.18 bits per heavy atom. The predicted octanol–water partition coefficient (Wildman–Crippen LogP) is 4.02. The van der Waals surface area contributed by atoms with E-state index in [1.54, 1.807) is 0 Å². The summed E-state index contributed by atoms with van der Waals surface area (Å²) < 4.78 is 0. The highest BCUT2D eigenvalue weighted by atomic mass is 14.1. The molecule has 0 heterocycles. The molecule has 0 nitrogen and oxygen atoms in total. The van der Waals surface area contributed by atoms with Gasteiger partial charge in [0.1, 0.15) is 0 Å². The van der Waals surface area contributed by atoms with Crippen LogP contribution < -0.4 is 0 Å². The Morgan fingerprint density at radius 2 is 1.73 bits per heavy atom. The van der Waals surface area contributed by atoms with E-state index < -0.39 is 0 Å². The van der Waals surface area contributed by atoms with Crippen LogP contribution >= 0.6 is 0 Å². The normalized spacial score (nSPS) is 14.6. The van der Waals surface area contributed by atoms with Crippen molar-refractivity contribution in [3.05, 3.63) is 12.2 Å². The molecular formula is C11H22. The summed E-state index contributed by atoms with van der Waals surface area (Å²) in [7, 11) is 0. The van der Waals surface area contributed by atoms with Crippen molar-refractivity contribution in [1.29, 1.82) is 0 Å². The Balaban J connectivity index is 3.31. The van der Waals surface area contributed by atoms with Crippen LogP contribution in [0.4, 0.5) is 0 Å². The summed E-state index contributed by atoms with van der Waals surface area (Å²) >= 11 is 0. The van der Waals surface area contributed by atoms with Crippen LogP contribution in [0.1, 0.15) is 47.0 Å². The van der Waals surface area contributed by atoms with Crippen LogP contribution in [0.2, 0.25) is 0 Å². The summed E-state index contributed by atoms with van der Waals surface area (Å²) in [6, 6.07) is 0. The molecule has 0 radical (unpaired) electrons. The maximum absolute atomic E-state index is 2.34. The Labute approximate surface area is 71.7 Å². The van der Waals surface area contributed by atoms with Crippen molar-refractivity contribution in [1.82, 2.24) is 0 Å². The zero-order valence-corrected chi connectivity index (χ0v) is 8.43. The standard InChI is InChI=1S/C11H22/c1-5-6-7-8-9-11(4)10(2)3/h6-7,10-11H,5,8-9H2,1-4H3/b7-6+. The SMILES string of the molecule is CC/C=C/CCC(C)C(C)C. The smallest absolute Gasteiger partial charge is 0.0348 e. The lowest BCUT2D eigenvalue weighted by Gasteiger charge is -2.13. The molecular weight excluding hydrogens is 132 g/mol. The predicted molar refractivity (Wildman–Crippen MR) is 52.7 cm³/mol. The first-order valence-electron chi connectivity index (χ1n) is 4.83. The zero-order chi connectivity index (χ0) is 8.69. The molecule has 0 fully saturated rings. The van der Waals surface area contributed by atoms with E-state index in [2.05, 4.69) is 39.8 Å². The van der Waals surface area contributed by atoms with Crippen LogP contribution in [-0.2, 0) is 0 Å². The second-order valence-electron chi connectivity index (χ2n) is 3.68. The van der Waals surface area contributed by atoms with Gasteiger partial charge < -0.3 is 0 Å². The van der Waals surface area contributed by atoms with Gasteiger partial charge in [0, 0.05) is 0 Å². The molecule has 0 bridgehead atoms. The summed E-state index contributed by atoms with van der Waals surface area (Å²) in [5.74, 6) is 1.71. The highest BCUT2D eigenvalue weighted by Crippen LogP contribution is 2.15. The van der Waals surface area contributed by atoms with Gasteiger partial charge in [0.05, 0.1) is 0 Å². The monoisotopic (exact) mass is 154 g/mol. The molecule has 0 aromatic heterocycles. The largest absolute Gasteiger partial charge is 0.0888 e. The summed E-state index contributed by atoms with van der Waals surface area (Å²) in [6.07, 6.45) is 8.34. The van der Waals surface area contributed by atoms with Gasteiger partial charge in [-0.15, -0.1) is 0 Å². The van der Waals surface area contributed by atoms with Gasteiger partial charge in [-0.1, -0.05) is 39.8 Å². The lowest BCUT2D eigenvalue weighted by Crippen LogP contribution is -2.02. The van der Waals surface area contributed by atoms with Gasteiger partial charge in [0.15, 0.2) is 0 Å². The van der Waals surface area contributed by atoms with E-state index in [9.17, 15) is 0 Å². The second-order valence-corrected chi connectivity index (χ2v) is 3.68. The molecule has 0 aliphatic carbocycles. The van der Waals surface area contributed by atoms with E-state index in [-0.39, 0.29) is 0 Å². The molecule has 0 rings (SSSR count). The molecule has 0 saturated carbocycles. The minimum Gasteiger partial charge on any atom is -0.0888 e. The third-order valence-electron chi connectivity index (χ3n) is 2.33.